The molecule has 0 saturated carbocycles. The number of hydrogen-bond acceptors (Lipinski definition) is 9. The Morgan fingerprint density at radius 3 is 2.58 bits per heavy atom. The molecule has 0 spiro atoms. The topological polar surface area (TPSA) is 114 Å². The Kier molecular flexibility index (Phi) is 9.74. The Morgan fingerprint density at radius 1 is 0.949 bits per heavy atom. The zero-order valence-corrected chi connectivity index (χ0v) is 33.6. The molecule has 2 N–H and O–H groups in total. The van der Waals surface area contributed by atoms with Crippen molar-refractivity contribution in [3.8, 4) is 11.5 Å². The number of anilines is 2. The fraction of sp³-hybridized carbons (Fsp3) is 0.489. The molecule has 6 aliphatic heterocycles. The second-order valence-electron chi connectivity index (χ2n) is 17.2. The van der Waals surface area contributed by atoms with E-state index in [1.807, 2.05) is 36.1 Å². The molecule has 0 bridgehead atoms. The highest BCUT2D eigenvalue weighted by Gasteiger charge is 2.44. The minimum Gasteiger partial charge on any atom is -0.496 e. The lowest BCUT2D eigenvalue weighted by Crippen LogP contribution is -2.58. The summed E-state index contributed by atoms with van der Waals surface area (Å²) < 4.78 is 40.6. The predicted molar refractivity (Wildman–Crippen MR) is 220 cm³/mol. The summed E-state index contributed by atoms with van der Waals surface area (Å²) in [6.45, 7) is 8.15. The van der Waals surface area contributed by atoms with Crippen LogP contribution in [0, 0.1) is 5.92 Å². The monoisotopic (exact) mass is 807 g/mol. The summed E-state index contributed by atoms with van der Waals surface area (Å²) in [5.74, 6) is 1.13. The van der Waals surface area contributed by atoms with Crippen LogP contribution in [0.2, 0.25) is 0 Å². The molecule has 10 rings (SSSR count). The summed E-state index contributed by atoms with van der Waals surface area (Å²) in [7, 11) is 1.67. The molecule has 7 heterocycles. The Balaban J connectivity index is 0.784. The van der Waals surface area contributed by atoms with Gasteiger partial charge in [-0.15, -0.1) is 0 Å². The number of benzene rings is 3. The Bertz CT molecular complexity index is 2310. The molecule has 14 heteroatoms. The first-order valence-electron chi connectivity index (χ1n) is 21.1. The number of aromatic amines is 1. The van der Waals surface area contributed by atoms with Gasteiger partial charge in [0.25, 0.3) is 12.3 Å². The van der Waals surface area contributed by atoms with E-state index in [1.54, 1.807) is 12.0 Å². The molecule has 3 amide bonds. The minimum atomic E-state index is -2.45. The van der Waals surface area contributed by atoms with Crippen molar-refractivity contribution in [2.24, 2.45) is 5.92 Å². The number of ether oxygens (including phenoxy) is 2. The van der Waals surface area contributed by atoms with Crippen LogP contribution in [0.15, 0.2) is 54.6 Å². The largest absolute Gasteiger partial charge is 0.496 e. The number of nitrogens with zero attached hydrogens (tertiary/aromatic N) is 5. The lowest BCUT2D eigenvalue weighted by atomic mass is 9.88. The Hall–Kier alpha value is -5.21. The van der Waals surface area contributed by atoms with Crippen LogP contribution in [0.25, 0.3) is 10.9 Å². The summed E-state index contributed by atoms with van der Waals surface area (Å²) in [4.78, 5) is 52.3. The van der Waals surface area contributed by atoms with Gasteiger partial charge in [-0.25, -0.2) is 8.78 Å². The standard InChI is InChI=1S/C45H51F2N7O5/c1-26-19-33-30-5-3-4-6-35(30)48-41(33)42(53(26)24-39(46)47)32-8-7-28(20-38(32)58-2)51-15-13-27(14-16-51)21-50-17-18-52-29(22-50)25-59-43-34-23-54(37-11-12-40(55)49-44(37)56)45(57)31(34)9-10-36(43)52/h3-10,20,26-27,29,37,39,42,48H,11-19,21-25H2,1-2H3,(H,49,55,56)/t26-,29+,37-,42-/m1/s1. The number of halogens is 2. The van der Waals surface area contributed by atoms with Crippen molar-refractivity contribution in [3.63, 3.8) is 0 Å². The van der Waals surface area contributed by atoms with E-state index in [0.29, 0.717) is 43.2 Å². The van der Waals surface area contributed by atoms with E-state index in [4.69, 9.17) is 9.47 Å². The molecule has 1 aromatic heterocycles. The number of piperidine rings is 2. The van der Waals surface area contributed by atoms with Crippen LogP contribution in [0.3, 0.4) is 0 Å². The maximum Gasteiger partial charge on any atom is 0.255 e. The number of piperazine rings is 1. The number of amides is 3. The second kappa shape index (κ2) is 15.1. The second-order valence-corrected chi connectivity index (χ2v) is 17.2. The van der Waals surface area contributed by atoms with Gasteiger partial charge in [0.05, 0.1) is 38.0 Å². The summed E-state index contributed by atoms with van der Waals surface area (Å²) in [5.41, 5.74) is 7.59. The molecule has 4 aromatic rings. The van der Waals surface area contributed by atoms with Crippen molar-refractivity contribution in [2.75, 3.05) is 69.3 Å². The lowest BCUT2D eigenvalue weighted by Gasteiger charge is -2.47. The highest BCUT2D eigenvalue weighted by atomic mass is 19.3. The Morgan fingerprint density at radius 2 is 1.78 bits per heavy atom. The molecule has 6 aliphatic rings. The number of fused-ring (bicyclic) bond motifs is 8. The number of imide groups is 1. The maximum atomic E-state index is 14.1. The van der Waals surface area contributed by atoms with E-state index in [0.717, 1.165) is 97.0 Å². The summed E-state index contributed by atoms with van der Waals surface area (Å²) in [6, 6.07) is 17.5. The summed E-state index contributed by atoms with van der Waals surface area (Å²) in [5, 5.41) is 3.53. The van der Waals surface area contributed by atoms with Crippen molar-refractivity contribution in [1.29, 1.82) is 0 Å². The molecule has 3 fully saturated rings. The summed E-state index contributed by atoms with van der Waals surface area (Å²) in [6.07, 6.45) is 0.941. The number of rotatable bonds is 8. The van der Waals surface area contributed by atoms with Crippen molar-refractivity contribution >= 4 is 40.0 Å². The van der Waals surface area contributed by atoms with E-state index in [9.17, 15) is 23.2 Å². The lowest BCUT2D eigenvalue weighted by molar-refractivity contribution is -0.136. The average molecular weight is 808 g/mol. The van der Waals surface area contributed by atoms with Gasteiger partial charge >= 0.3 is 0 Å². The SMILES string of the molecule is COc1cc(N2CCC(CN3CCN4c5ccc6c(c5OC[C@@H]4C3)CN([C@@H]3CCC(=O)NC3=O)C6=O)CC2)ccc1[C@@H]1c2[nH]c3ccccc3c2C[C@@H](C)N1CC(F)F. The fourth-order valence-electron chi connectivity index (χ4n) is 10.9. The van der Waals surface area contributed by atoms with Gasteiger partial charge in [-0.2, -0.15) is 0 Å². The number of alkyl halides is 2. The van der Waals surface area contributed by atoms with E-state index in [2.05, 4.69) is 55.3 Å². The smallest absolute Gasteiger partial charge is 0.255 e. The molecule has 12 nitrogen and oxygen atoms in total. The van der Waals surface area contributed by atoms with Crippen molar-refractivity contribution in [2.45, 2.75) is 76.2 Å². The van der Waals surface area contributed by atoms with E-state index in [1.165, 1.54) is 5.56 Å². The number of H-pyrrole nitrogens is 1. The van der Waals surface area contributed by atoms with Crippen LogP contribution in [0.5, 0.6) is 11.5 Å². The number of para-hydroxylation sites is 1. The third kappa shape index (κ3) is 6.68. The molecular weight excluding hydrogens is 757 g/mol. The third-order valence-electron chi connectivity index (χ3n) is 13.8. The van der Waals surface area contributed by atoms with Crippen LogP contribution in [-0.4, -0.2) is 121 Å². The first-order valence-corrected chi connectivity index (χ1v) is 21.1. The zero-order chi connectivity index (χ0) is 40.5. The molecule has 310 valence electrons. The molecule has 4 atom stereocenters. The van der Waals surface area contributed by atoms with Gasteiger partial charge in [-0.05, 0) is 68.4 Å². The van der Waals surface area contributed by atoms with Gasteiger partial charge in [-0.3, -0.25) is 29.5 Å². The third-order valence-corrected chi connectivity index (χ3v) is 13.8. The maximum absolute atomic E-state index is 14.1. The average Bonchev–Trinajstić information content (AvgIpc) is 3.77. The van der Waals surface area contributed by atoms with Gasteiger partial charge in [0.2, 0.25) is 11.8 Å². The van der Waals surface area contributed by atoms with Crippen LogP contribution >= 0.6 is 0 Å². The van der Waals surface area contributed by atoms with E-state index < -0.39 is 18.4 Å². The molecule has 59 heavy (non-hydrogen) atoms. The molecule has 0 radical (unpaired) electrons. The number of carbonyl (C=O) groups is 3. The van der Waals surface area contributed by atoms with Crippen molar-refractivity contribution in [1.82, 2.24) is 25.0 Å². The predicted octanol–water partition coefficient (Wildman–Crippen LogP) is 5.34. The van der Waals surface area contributed by atoms with Gasteiger partial charge in [0.1, 0.15) is 24.1 Å². The van der Waals surface area contributed by atoms with Gasteiger partial charge in [0, 0.05) is 96.8 Å². The number of carbonyl (C=O) groups excluding carboxylic acids is 3. The first-order chi connectivity index (χ1) is 28.6. The zero-order valence-electron chi connectivity index (χ0n) is 33.6. The molecule has 0 aliphatic carbocycles. The van der Waals surface area contributed by atoms with Crippen LogP contribution < -0.4 is 24.6 Å². The minimum absolute atomic E-state index is 0.0684. The van der Waals surface area contributed by atoms with Crippen molar-refractivity contribution in [3.05, 3.63) is 82.5 Å². The van der Waals surface area contributed by atoms with Crippen LogP contribution in [0.1, 0.15) is 71.4 Å². The number of aromatic nitrogens is 1. The van der Waals surface area contributed by atoms with Gasteiger partial charge in [-0.1, -0.05) is 24.3 Å². The normalized spacial score (nSPS) is 25.2. The van der Waals surface area contributed by atoms with Crippen molar-refractivity contribution < 1.29 is 32.6 Å². The fourth-order valence-corrected chi connectivity index (χ4v) is 10.9. The molecule has 3 aromatic carbocycles. The first kappa shape index (κ1) is 38.0. The number of hydrogen-bond donors (Lipinski definition) is 2. The summed E-state index contributed by atoms with van der Waals surface area (Å²) >= 11 is 0. The van der Waals surface area contributed by atoms with Gasteiger partial charge < -0.3 is 29.2 Å². The van der Waals surface area contributed by atoms with E-state index in [-0.39, 0.29) is 42.9 Å². The van der Waals surface area contributed by atoms with Crippen LogP contribution in [-0.2, 0) is 22.6 Å². The van der Waals surface area contributed by atoms with E-state index >= 15 is 0 Å². The number of nitrogens with one attached hydrogen (secondary N) is 2. The Labute approximate surface area is 342 Å². The molecular formula is C45H51F2N7O5. The quantitative estimate of drug-likeness (QED) is 0.228. The van der Waals surface area contributed by atoms with Gasteiger partial charge in [0.15, 0.2) is 0 Å². The highest BCUT2D eigenvalue weighted by molar-refractivity contribution is 6.06. The highest BCUT2D eigenvalue weighted by Crippen LogP contribution is 2.46. The number of methoxy groups -OCH3 is 1. The molecule has 0 unspecified atom stereocenters. The van der Waals surface area contributed by atoms with Crippen LogP contribution in [0.4, 0.5) is 20.2 Å². The molecule has 3 saturated heterocycles.